The number of benzene rings is 1. The van der Waals surface area contributed by atoms with Crippen molar-refractivity contribution in [3.8, 4) is 11.1 Å². The van der Waals surface area contributed by atoms with Crippen molar-refractivity contribution in [3.05, 3.63) is 60.4 Å². The fraction of sp³-hybridized carbons (Fsp3) is 0.125. The zero-order chi connectivity index (χ0) is 14.8. The highest BCUT2D eigenvalue weighted by molar-refractivity contribution is 5.78. The van der Waals surface area contributed by atoms with Gasteiger partial charge in [0.05, 0.1) is 6.20 Å². The van der Waals surface area contributed by atoms with Crippen LogP contribution < -0.4 is 11.3 Å². The molecule has 0 radical (unpaired) electrons. The first kappa shape index (κ1) is 13.3. The van der Waals surface area contributed by atoms with Gasteiger partial charge < -0.3 is 5.43 Å². The highest BCUT2D eigenvalue weighted by Crippen LogP contribution is 2.27. The van der Waals surface area contributed by atoms with E-state index in [4.69, 9.17) is 10.8 Å². The summed E-state index contributed by atoms with van der Waals surface area (Å²) in [6, 6.07) is 10.1. The first-order chi connectivity index (χ1) is 10.3. The Morgan fingerprint density at radius 2 is 2.10 bits per heavy atom. The van der Waals surface area contributed by atoms with Gasteiger partial charge in [0, 0.05) is 16.8 Å². The molecule has 106 valence electrons. The van der Waals surface area contributed by atoms with Gasteiger partial charge in [-0.05, 0) is 18.9 Å². The van der Waals surface area contributed by atoms with Gasteiger partial charge in [0.1, 0.15) is 5.82 Å². The lowest BCUT2D eigenvalue weighted by Crippen LogP contribution is -2.16. The van der Waals surface area contributed by atoms with Gasteiger partial charge in [-0.2, -0.15) is 9.61 Å². The Morgan fingerprint density at radius 3 is 2.76 bits per heavy atom. The van der Waals surface area contributed by atoms with Crippen LogP contribution in [0.3, 0.4) is 0 Å². The van der Waals surface area contributed by atoms with Crippen LogP contribution in [0.25, 0.3) is 16.8 Å². The van der Waals surface area contributed by atoms with Crippen molar-refractivity contribution >= 4 is 11.5 Å². The predicted octanol–water partition coefficient (Wildman–Crippen LogP) is 2.72. The normalized spacial score (nSPS) is 10.8. The molecule has 0 atom stereocenters. The monoisotopic (exact) mass is 279 g/mol. The number of anilines is 1. The molecule has 21 heavy (non-hydrogen) atoms. The number of hydrazine groups is 1. The van der Waals surface area contributed by atoms with Crippen molar-refractivity contribution in [2.45, 2.75) is 13.3 Å². The minimum Gasteiger partial charge on any atom is -0.308 e. The number of nitrogens with two attached hydrogens (primary N) is 1. The molecule has 0 bridgehead atoms. The predicted molar refractivity (Wildman–Crippen MR) is 84.9 cm³/mol. The van der Waals surface area contributed by atoms with Crippen LogP contribution >= 0.6 is 0 Å². The van der Waals surface area contributed by atoms with Gasteiger partial charge in [-0.1, -0.05) is 36.4 Å². The van der Waals surface area contributed by atoms with Gasteiger partial charge in [-0.3, -0.25) is 0 Å². The third-order valence-electron chi connectivity index (χ3n) is 3.52. The van der Waals surface area contributed by atoms with E-state index >= 15 is 0 Å². The molecule has 0 aliphatic rings. The van der Waals surface area contributed by atoms with Crippen molar-refractivity contribution in [2.24, 2.45) is 5.84 Å². The van der Waals surface area contributed by atoms with Crippen molar-refractivity contribution in [1.82, 2.24) is 14.6 Å². The van der Waals surface area contributed by atoms with E-state index in [-0.39, 0.29) is 0 Å². The summed E-state index contributed by atoms with van der Waals surface area (Å²) in [6.07, 6.45) is 4.34. The molecule has 0 saturated heterocycles. The van der Waals surface area contributed by atoms with E-state index in [0.717, 1.165) is 33.8 Å². The van der Waals surface area contributed by atoms with Crippen molar-refractivity contribution in [1.29, 1.82) is 0 Å². The first-order valence-corrected chi connectivity index (χ1v) is 6.76. The molecular weight excluding hydrogens is 262 g/mol. The average molecular weight is 279 g/mol. The molecule has 1 aromatic carbocycles. The summed E-state index contributed by atoms with van der Waals surface area (Å²) in [6.45, 7) is 5.75. The molecule has 2 aromatic heterocycles. The van der Waals surface area contributed by atoms with E-state index in [9.17, 15) is 0 Å². The quantitative estimate of drug-likeness (QED) is 0.438. The number of nitrogens with zero attached hydrogens (tertiary/aromatic N) is 3. The lowest BCUT2D eigenvalue weighted by atomic mass is 10.1. The zero-order valence-electron chi connectivity index (χ0n) is 11.9. The Balaban J connectivity index is 2.28. The van der Waals surface area contributed by atoms with Crippen LogP contribution in [0.15, 0.2) is 49.2 Å². The first-order valence-electron chi connectivity index (χ1n) is 6.76. The molecule has 3 aromatic rings. The molecule has 5 nitrogen and oxygen atoms in total. The molecule has 0 fully saturated rings. The highest BCUT2D eigenvalue weighted by atomic mass is 15.4. The summed E-state index contributed by atoms with van der Waals surface area (Å²) in [5.74, 6) is 6.44. The van der Waals surface area contributed by atoms with Crippen LogP contribution in [-0.4, -0.2) is 14.6 Å². The van der Waals surface area contributed by atoms with Gasteiger partial charge in [0.2, 0.25) is 0 Å². The maximum atomic E-state index is 5.69. The van der Waals surface area contributed by atoms with Gasteiger partial charge in [-0.15, -0.1) is 6.58 Å². The maximum absolute atomic E-state index is 5.69. The van der Waals surface area contributed by atoms with Crippen molar-refractivity contribution in [3.63, 3.8) is 0 Å². The number of nitrogens with one attached hydrogen (secondary N) is 1. The summed E-state index contributed by atoms with van der Waals surface area (Å²) in [4.78, 5) is 4.70. The Morgan fingerprint density at radius 1 is 1.33 bits per heavy atom. The van der Waals surface area contributed by atoms with Crippen LogP contribution in [0, 0.1) is 6.92 Å². The lowest BCUT2D eigenvalue weighted by Gasteiger charge is -2.12. The molecule has 5 heteroatoms. The molecule has 0 aliphatic heterocycles. The van der Waals surface area contributed by atoms with E-state index in [1.165, 1.54) is 0 Å². The molecule has 0 amide bonds. The fourth-order valence-corrected chi connectivity index (χ4v) is 2.50. The van der Waals surface area contributed by atoms with Crippen LogP contribution in [0.2, 0.25) is 0 Å². The third kappa shape index (κ3) is 2.17. The summed E-state index contributed by atoms with van der Waals surface area (Å²) >= 11 is 0. The van der Waals surface area contributed by atoms with Crippen LogP contribution in [-0.2, 0) is 6.42 Å². The number of aryl methyl sites for hydroxylation is 1. The zero-order valence-corrected chi connectivity index (χ0v) is 11.9. The van der Waals surface area contributed by atoms with Gasteiger partial charge in [0.15, 0.2) is 5.65 Å². The van der Waals surface area contributed by atoms with E-state index in [0.29, 0.717) is 6.42 Å². The van der Waals surface area contributed by atoms with Crippen LogP contribution in [0.4, 0.5) is 5.82 Å². The van der Waals surface area contributed by atoms with Crippen LogP contribution in [0.1, 0.15) is 11.3 Å². The third-order valence-corrected chi connectivity index (χ3v) is 3.52. The maximum Gasteiger partial charge on any atom is 0.165 e. The number of aromatic nitrogens is 3. The van der Waals surface area contributed by atoms with E-state index < -0.39 is 0 Å². The van der Waals surface area contributed by atoms with Gasteiger partial charge in [-0.25, -0.2) is 10.8 Å². The number of fused-ring (bicyclic) bond motifs is 1. The Kier molecular flexibility index (Phi) is 3.41. The average Bonchev–Trinajstić information content (AvgIpc) is 2.92. The molecule has 0 spiro atoms. The van der Waals surface area contributed by atoms with Crippen molar-refractivity contribution < 1.29 is 0 Å². The summed E-state index contributed by atoms with van der Waals surface area (Å²) < 4.78 is 1.74. The highest BCUT2D eigenvalue weighted by Gasteiger charge is 2.15. The lowest BCUT2D eigenvalue weighted by molar-refractivity contribution is 0.904. The summed E-state index contributed by atoms with van der Waals surface area (Å²) in [5, 5.41) is 4.43. The van der Waals surface area contributed by atoms with E-state index in [1.54, 1.807) is 4.52 Å². The molecule has 3 rings (SSSR count). The Labute approximate surface area is 123 Å². The second kappa shape index (κ2) is 5.38. The largest absolute Gasteiger partial charge is 0.308 e. The Hall–Kier alpha value is -2.66. The fourth-order valence-electron chi connectivity index (χ4n) is 2.50. The second-order valence-corrected chi connectivity index (χ2v) is 4.82. The van der Waals surface area contributed by atoms with E-state index in [2.05, 4.69) is 17.1 Å². The number of nitrogen functional groups attached to an aromatic ring is 1. The SMILES string of the molecule is C=CCc1c(C)nc2c(-c3ccccc3)cnn2c1NN. The topological polar surface area (TPSA) is 68.2 Å². The summed E-state index contributed by atoms with van der Waals surface area (Å²) in [7, 11) is 0. The number of rotatable bonds is 4. The number of hydrogen-bond acceptors (Lipinski definition) is 4. The minimum atomic E-state index is 0.689. The standard InChI is InChI=1S/C16H17N5/c1-3-7-13-11(2)19-15-14(12-8-5-4-6-9-12)10-18-21(15)16(13)20-17/h3-6,8-10,20H,1,7,17H2,2H3. The van der Waals surface area contributed by atoms with Crippen molar-refractivity contribution in [2.75, 3.05) is 5.43 Å². The molecule has 3 N–H and O–H groups in total. The van der Waals surface area contributed by atoms with Gasteiger partial charge in [0.25, 0.3) is 0 Å². The number of allylic oxidation sites excluding steroid dienone is 1. The molecule has 0 saturated carbocycles. The second-order valence-electron chi connectivity index (χ2n) is 4.82. The van der Waals surface area contributed by atoms with Crippen LogP contribution in [0.5, 0.6) is 0 Å². The Bertz CT molecular complexity index is 789. The summed E-state index contributed by atoms with van der Waals surface area (Å²) in [5.41, 5.74) is 7.53. The van der Waals surface area contributed by atoms with Gasteiger partial charge >= 0.3 is 0 Å². The molecule has 2 heterocycles. The molecular formula is C16H17N5. The smallest absolute Gasteiger partial charge is 0.165 e. The minimum absolute atomic E-state index is 0.689. The van der Waals surface area contributed by atoms with E-state index in [1.807, 2.05) is 49.5 Å². The molecule has 0 unspecified atom stereocenters. The number of hydrogen-bond donors (Lipinski definition) is 2. The molecule has 0 aliphatic carbocycles.